The van der Waals surface area contributed by atoms with Gasteiger partial charge in [0.2, 0.25) is 0 Å². The molecule has 3 rings (SSSR count). The van der Waals surface area contributed by atoms with Gasteiger partial charge in [-0.1, -0.05) is 12.5 Å². The second-order valence-corrected chi connectivity index (χ2v) is 5.27. The maximum absolute atomic E-state index is 4.61. The van der Waals surface area contributed by atoms with Crippen LogP contribution in [0.3, 0.4) is 0 Å². The minimum absolute atomic E-state index is 0.170. The van der Waals surface area contributed by atoms with Gasteiger partial charge in [-0.15, -0.1) is 5.10 Å². The minimum atomic E-state index is 0.170. The maximum atomic E-state index is 4.61. The lowest BCUT2D eigenvalue weighted by Crippen LogP contribution is -2.42. The van der Waals surface area contributed by atoms with Crippen molar-refractivity contribution in [2.24, 2.45) is 0 Å². The van der Waals surface area contributed by atoms with E-state index in [1.165, 1.54) is 30.5 Å². The minimum Gasteiger partial charge on any atom is -0.368 e. The molecule has 1 aliphatic rings. The van der Waals surface area contributed by atoms with Crippen molar-refractivity contribution in [2.45, 2.75) is 31.6 Å². The van der Waals surface area contributed by atoms with Crippen LogP contribution in [0.5, 0.6) is 0 Å². The highest BCUT2D eigenvalue weighted by Gasteiger charge is 2.40. The van der Waals surface area contributed by atoms with Crippen molar-refractivity contribution in [3.63, 3.8) is 0 Å². The summed E-state index contributed by atoms with van der Waals surface area (Å²) in [5, 5.41) is 11.4. The standard InChI is InChI=1S/C15H18N4/c1-12-5-2-9-16-14(12)15(7-4-8-15)11-17-13-6-3-10-18-19-13/h2-3,5-6,9-10H,4,7-8,11H2,1H3,(H,17,19). The van der Waals surface area contributed by atoms with Gasteiger partial charge in [-0.3, -0.25) is 4.98 Å². The zero-order valence-electron chi connectivity index (χ0n) is 11.1. The Morgan fingerprint density at radius 3 is 2.68 bits per heavy atom. The Labute approximate surface area is 113 Å². The first-order valence-corrected chi connectivity index (χ1v) is 6.74. The van der Waals surface area contributed by atoms with Gasteiger partial charge in [0, 0.05) is 24.4 Å². The van der Waals surface area contributed by atoms with Crippen LogP contribution in [-0.2, 0) is 5.41 Å². The number of hydrogen-bond acceptors (Lipinski definition) is 4. The number of rotatable bonds is 4. The number of aryl methyl sites for hydroxylation is 1. The lowest BCUT2D eigenvalue weighted by Gasteiger charge is -2.42. The summed E-state index contributed by atoms with van der Waals surface area (Å²) in [5.41, 5.74) is 2.68. The monoisotopic (exact) mass is 254 g/mol. The summed E-state index contributed by atoms with van der Waals surface area (Å²) in [6, 6.07) is 7.99. The SMILES string of the molecule is Cc1cccnc1C1(CNc2cccnn2)CCC1. The molecule has 1 fully saturated rings. The average molecular weight is 254 g/mol. The van der Waals surface area contributed by atoms with Gasteiger partial charge in [0.1, 0.15) is 5.82 Å². The number of nitrogens with zero attached hydrogens (tertiary/aromatic N) is 3. The van der Waals surface area contributed by atoms with Crippen LogP contribution < -0.4 is 5.32 Å². The van der Waals surface area contributed by atoms with E-state index in [1.54, 1.807) is 6.20 Å². The number of anilines is 1. The predicted molar refractivity (Wildman–Crippen MR) is 75.0 cm³/mol. The molecule has 0 amide bonds. The molecule has 0 bridgehead atoms. The van der Waals surface area contributed by atoms with Crippen LogP contribution in [0.15, 0.2) is 36.7 Å². The molecule has 2 aromatic rings. The lowest BCUT2D eigenvalue weighted by molar-refractivity contribution is 0.251. The van der Waals surface area contributed by atoms with Gasteiger partial charge in [0.05, 0.1) is 5.69 Å². The van der Waals surface area contributed by atoms with E-state index in [-0.39, 0.29) is 5.41 Å². The third-order valence-corrected chi connectivity index (χ3v) is 4.00. The topological polar surface area (TPSA) is 50.7 Å². The fraction of sp³-hybridized carbons (Fsp3) is 0.400. The number of hydrogen-bond donors (Lipinski definition) is 1. The van der Waals surface area contributed by atoms with Gasteiger partial charge in [0.15, 0.2) is 0 Å². The molecule has 19 heavy (non-hydrogen) atoms. The molecule has 1 saturated carbocycles. The van der Waals surface area contributed by atoms with Crippen molar-refractivity contribution in [3.05, 3.63) is 47.9 Å². The maximum Gasteiger partial charge on any atom is 0.148 e. The molecule has 0 atom stereocenters. The molecule has 0 aromatic carbocycles. The lowest BCUT2D eigenvalue weighted by atomic mass is 9.65. The van der Waals surface area contributed by atoms with Gasteiger partial charge >= 0.3 is 0 Å². The number of aromatic nitrogens is 3. The number of nitrogens with one attached hydrogen (secondary N) is 1. The molecule has 2 aromatic heterocycles. The predicted octanol–water partition coefficient (Wildman–Crippen LogP) is 2.71. The highest BCUT2D eigenvalue weighted by atomic mass is 15.2. The van der Waals surface area contributed by atoms with Crippen molar-refractivity contribution >= 4 is 5.82 Å². The van der Waals surface area contributed by atoms with E-state index in [0.717, 1.165) is 12.4 Å². The quantitative estimate of drug-likeness (QED) is 0.911. The van der Waals surface area contributed by atoms with Gasteiger partial charge < -0.3 is 5.32 Å². The Bertz CT molecular complexity index is 549. The molecule has 0 spiro atoms. The third-order valence-electron chi connectivity index (χ3n) is 4.00. The van der Waals surface area contributed by atoms with E-state index in [1.807, 2.05) is 24.4 Å². The largest absolute Gasteiger partial charge is 0.368 e. The van der Waals surface area contributed by atoms with Crippen LogP contribution in [0.1, 0.15) is 30.5 Å². The Kier molecular flexibility index (Phi) is 3.15. The molecule has 4 heteroatoms. The Hall–Kier alpha value is -1.97. The van der Waals surface area contributed by atoms with Crippen LogP contribution in [0.25, 0.3) is 0 Å². The van der Waals surface area contributed by atoms with E-state index in [2.05, 4.69) is 33.5 Å². The molecule has 4 nitrogen and oxygen atoms in total. The Morgan fingerprint density at radius 1 is 1.21 bits per heavy atom. The smallest absolute Gasteiger partial charge is 0.148 e. The van der Waals surface area contributed by atoms with Crippen molar-refractivity contribution in [1.82, 2.24) is 15.2 Å². The molecule has 0 unspecified atom stereocenters. The summed E-state index contributed by atoms with van der Waals surface area (Å²) in [4.78, 5) is 4.61. The van der Waals surface area contributed by atoms with Crippen LogP contribution in [0.4, 0.5) is 5.82 Å². The van der Waals surface area contributed by atoms with Crippen molar-refractivity contribution in [2.75, 3.05) is 11.9 Å². The van der Waals surface area contributed by atoms with E-state index in [9.17, 15) is 0 Å². The molecular weight excluding hydrogens is 236 g/mol. The average Bonchev–Trinajstić information content (AvgIpc) is 2.41. The van der Waals surface area contributed by atoms with Crippen LogP contribution >= 0.6 is 0 Å². The Morgan fingerprint density at radius 2 is 2.05 bits per heavy atom. The first kappa shape index (κ1) is 12.1. The number of pyridine rings is 1. The zero-order chi connectivity index (χ0) is 13.1. The van der Waals surface area contributed by atoms with Crippen LogP contribution in [-0.4, -0.2) is 21.7 Å². The highest BCUT2D eigenvalue weighted by molar-refractivity contribution is 5.36. The molecule has 2 heterocycles. The summed E-state index contributed by atoms with van der Waals surface area (Å²) in [6.07, 6.45) is 7.24. The van der Waals surface area contributed by atoms with Gasteiger partial charge in [-0.05, 0) is 43.5 Å². The summed E-state index contributed by atoms with van der Waals surface area (Å²) >= 11 is 0. The van der Waals surface area contributed by atoms with Crippen molar-refractivity contribution in [1.29, 1.82) is 0 Å². The summed E-state index contributed by atoms with van der Waals surface area (Å²) in [6.45, 7) is 3.02. The molecule has 98 valence electrons. The first-order chi connectivity index (χ1) is 9.30. The van der Waals surface area contributed by atoms with Crippen molar-refractivity contribution < 1.29 is 0 Å². The second-order valence-electron chi connectivity index (χ2n) is 5.27. The van der Waals surface area contributed by atoms with Gasteiger partial charge in [-0.25, -0.2) is 0 Å². The van der Waals surface area contributed by atoms with Gasteiger partial charge in [-0.2, -0.15) is 5.10 Å². The highest BCUT2D eigenvalue weighted by Crippen LogP contribution is 2.43. The molecule has 0 aliphatic heterocycles. The Balaban J connectivity index is 1.79. The van der Waals surface area contributed by atoms with E-state index in [0.29, 0.717) is 0 Å². The molecule has 0 radical (unpaired) electrons. The van der Waals surface area contributed by atoms with Crippen molar-refractivity contribution in [3.8, 4) is 0 Å². The van der Waals surface area contributed by atoms with E-state index >= 15 is 0 Å². The van der Waals surface area contributed by atoms with E-state index < -0.39 is 0 Å². The second kappa shape index (κ2) is 4.96. The fourth-order valence-electron chi connectivity index (χ4n) is 2.80. The van der Waals surface area contributed by atoms with Crippen LogP contribution in [0.2, 0.25) is 0 Å². The molecular formula is C15H18N4. The molecule has 1 N–H and O–H groups in total. The van der Waals surface area contributed by atoms with Crippen LogP contribution in [0, 0.1) is 6.92 Å². The molecule has 0 saturated heterocycles. The first-order valence-electron chi connectivity index (χ1n) is 6.74. The fourth-order valence-corrected chi connectivity index (χ4v) is 2.80. The third kappa shape index (κ3) is 2.30. The van der Waals surface area contributed by atoms with Gasteiger partial charge in [0.25, 0.3) is 0 Å². The summed E-state index contributed by atoms with van der Waals surface area (Å²) in [7, 11) is 0. The summed E-state index contributed by atoms with van der Waals surface area (Å²) < 4.78 is 0. The normalized spacial score (nSPS) is 16.7. The molecule has 1 aliphatic carbocycles. The zero-order valence-corrected chi connectivity index (χ0v) is 11.1. The summed E-state index contributed by atoms with van der Waals surface area (Å²) in [5.74, 6) is 0.836. The van der Waals surface area contributed by atoms with E-state index in [4.69, 9.17) is 0 Å².